The molecule has 0 amide bonds. The topological polar surface area (TPSA) is 108 Å². The Hall–Kier alpha value is -3.28. The van der Waals surface area contributed by atoms with Gasteiger partial charge in [0.05, 0.1) is 32.8 Å². The Morgan fingerprint density at radius 2 is 1.35 bits per heavy atom. The normalized spacial score (nSPS) is 16.9. The highest BCUT2D eigenvalue weighted by Gasteiger charge is 2.57. The molecule has 1 aliphatic heterocycles. The predicted octanol–water partition coefficient (Wildman–Crippen LogP) is 4.63. The van der Waals surface area contributed by atoms with Crippen molar-refractivity contribution in [1.29, 1.82) is 0 Å². The molecule has 0 aliphatic carbocycles. The minimum absolute atomic E-state index is 0.0499. The maximum Gasteiger partial charge on any atom is 0.198 e. The van der Waals surface area contributed by atoms with Gasteiger partial charge in [-0.15, -0.1) is 0 Å². The summed E-state index contributed by atoms with van der Waals surface area (Å²) in [5.74, 6) is 1.64. The summed E-state index contributed by atoms with van der Waals surface area (Å²) in [6, 6.07) is 20.1. The van der Waals surface area contributed by atoms with Gasteiger partial charge in [0.1, 0.15) is 6.61 Å². The van der Waals surface area contributed by atoms with E-state index in [0.717, 1.165) is 17.5 Å². The molecule has 0 radical (unpaired) electrons. The number of nitrogens with zero attached hydrogens (tertiary/aromatic N) is 1. The molecule has 4 rings (SSSR count). The second-order valence-corrected chi connectivity index (χ2v) is 15.7. The SMILES string of the molecule is COc1ccc(CCN(C)CCCC2(c3ccc(OCc4ccccc4)c(OC)c3)S(=O)(=O)CCCS2(=O)=O)cc1OC. The molecule has 0 atom stereocenters. The number of hydrogen-bond donors (Lipinski definition) is 0. The zero-order valence-corrected chi connectivity index (χ0v) is 26.9. The highest BCUT2D eigenvalue weighted by atomic mass is 32.3. The molecule has 0 N–H and O–H groups in total. The van der Waals surface area contributed by atoms with Crippen LogP contribution in [0.5, 0.6) is 23.0 Å². The smallest absolute Gasteiger partial charge is 0.198 e. The lowest BCUT2D eigenvalue weighted by atomic mass is 10.1. The fraction of sp³-hybridized carbons (Fsp3) is 0.438. The molecule has 3 aromatic rings. The van der Waals surface area contributed by atoms with Crippen molar-refractivity contribution < 1.29 is 35.8 Å². The van der Waals surface area contributed by atoms with E-state index in [1.807, 2.05) is 55.6 Å². The van der Waals surface area contributed by atoms with Gasteiger partial charge in [-0.3, -0.25) is 0 Å². The van der Waals surface area contributed by atoms with Crippen molar-refractivity contribution in [2.24, 2.45) is 0 Å². The highest BCUT2D eigenvalue weighted by Crippen LogP contribution is 2.47. The van der Waals surface area contributed by atoms with Gasteiger partial charge >= 0.3 is 0 Å². The van der Waals surface area contributed by atoms with Gasteiger partial charge < -0.3 is 23.8 Å². The third-order valence-electron chi connectivity index (χ3n) is 7.95. The van der Waals surface area contributed by atoms with E-state index in [-0.39, 0.29) is 42.3 Å². The predicted molar refractivity (Wildman–Crippen MR) is 168 cm³/mol. The maximum atomic E-state index is 13.7. The maximum absolute atomic E-state index is 13.7. The molecule has 1 heterocycles. The largest absolute Gasteiger partial charge is 0.493 e. The second kappa shape index (κ2) is 14.0. The summed E-state index contributed by atoms with van der Waals surface area (Å²) in [6.45, 7) is 1.51. The van der Waals surface area contributed by atoms with E-state index in [1.165, 1.54) is 13.2 Å². The summed E-state index contributed by atoms with van der Waals surface area (Å²) in [4.78, 5) is 2.08. The standard InChI is InChI=1S/C32H41NO8S2/c1-33(19-16-25-12-14-28(38-2)30(22-25)39-3)18-8-17-32(42(34,35)20-9-21-43(32,36)37)27-13-15-29(31(23-27)40-4)41-24-26-10-6-5-7-11-26/h5-7,10-15,22-23H,8-9,16-21,24H2,1-4H3. The Morgan fingerprint density at radius 1 is 0.721 bits per heavy atom. The van der Waals surface area contributed by atoms with Crippen LogP contribution in [0.25, 0.3) is 0 Å². The fourth-order valence-electron chi connectivity index (χ4n) is 5.59. The van der Waals surface area contributed by atoms with E-state index in [0.29, 0.717) is 36.8 Å². The number of sulfone groups is 2. The zero-order chi connectivity index (χ0) is 31.1. The molecule has 1 fully saturated rings. The first-order valence-electron chi connectivity index (χ1n) is 14.3. The Balaban J connectivity index is 1.53. The van der Waals surface area contributed by atoms with Crippen LogP contribution in [-0.4, -0.2) is 74.7 Å². The molecule has 0 aromatic heterocycles. The van der Waals surface area contributed by atoms with E-state index in [2.05, 4.69) is 4.90 Å². The molecule has 43 heavy (non-hydrogen) atoms. The molecule has 234 valence electrons. The average Bonchev–Trinajstić information content (AvgIpc) is 3.00. The number of benzene rings is 3. The van der Waals surface area contributed by atoms with Crippen LogP contribution in [0.3, 0.4) is 0 Å². The van der Waals surface area contributed by atoms with Crippen LogP contribution < -0.4 is 18.9 Å². The Bertz CT molecular complexity index is 1560. The molecule has 0 bridgehead atoms. The minimum atomic E-state index is -4.04. The monoisotopic (exact) mass is 631 g/mol. The Labute approximate surface area is 255 Å². The van der Waals surface area contributed by atoms with Crippen LogP contribution in [-0.2, 0) is 36.8 Å². The van der Waals surface area contributed by atoms with Crippen molar-refractivity contribution in [2.45, 2.75) is 36.4 Å². The second-order valence-electron chi connectivity index (χ2n) is 10.7. The van der Waals surface area contributed by atoms with Crippen LogP contribution in [0.2, 0.25) is 0 Å². The molecule has 9 nitrogen and oxygen atoms in total. The highest BCUT2D eigenvalue weighted by molar-refractivity contribution is 8.10. The van der Waals surface area contributed by atoms with Gasteiger partial charge in [0.2, 0.25) is 0 Å². The van der Waals surface area contributed by atoms with Crippen molar-refractivity contribution in [3.8, 4) is 23.0 Å². The molecule has 1 saturated heterocycles. The van der Waals surface area contributed by atoms with Crippen molar-refractivity contribution in [1.82, 2.24) is 4.90 Å². The fourth-order valence-corrected chi connectivity index (χ4v) is 11.4. The lowest BCUT2D eigenvalue weighted by Crippen LogP contribution is -2.50. The van der Waals surface area contributed by atoms with E-state index < -0.39 is 23.8 Å². The number of methoxy groups -OCH3 is 3. The van der Waals surface area contributed by atoms with Crippen LogP contribution >= 0.6 is 0 Å². The average molecular weight is 632 g/mol. The molecule has 0 spiro atoms. The zero-order valence-electron chi connectivity index (χ0n) is 25.2. The van der Waals surface area contributed by atoms with Gasteiger partial charge in [0.15, 0.2) is 46.8 Å². The van der Waals surface area contributed by atoms with Crippen molar-refractivity contribution in [3.63, 3.8) is 0 Å². The molecule has 1 aliphatic rings. The van der Waals surface area contributed by atoms with Crippen LogP contribution in [0.15, 0.2) is 66.7 Å². The quantitative estimate of drug-likeness (QED) is 0.252. The lowest BCUT2D eigenvalue weighted by molar-refractivity contribution is 0.284. The molecule has 11 heteroatoms. The number of hydrogen-bond acceptors (Lipinski definition) is 9. The number of rotatable bonds is 14. The van der Waals surface area contributed by atoms with Crippen molar-refractivity contribution >= 4 is 19.7 Å². The molecule has 3 aromatic carbocycles. The van der Waals surface area contributed by atoms with Gasteiger partial charge in [0.25, 0.3) is 0 Å². The first-order chi connectivity index (χ1) is 20.6. The summed E-state index contributed by atoms with van der Waals surface area (Å²) < 4.78 is 75.1. The number of likely N-dealkylation sites (N-methyl/N-ethyl adjacent to an activating group) is 1. The summed E-state index contributed by atoms with van der Waals surface area (Å²) in [5, 5.41) is 0. The van der Waals surface area contributed by atoms with Gasteiger partial charge in [-0.1, -0.05) is 42.5 Å². The summed E-state index contributed by atoms with van der Waals surface area (Å²) in [5.41, 5.74) is 2.22. The molecule has 0 saturated carbocycles. The van der Waals surface area contributed by atoms with E-state index in [1.54, 1.807) is 26.4 Å². The van der Waals surface area contributed by atoms with Gasteiger partial charge in [-0.05, 0) is 80.2 Å². The minimum Gasteiger partial charge on any atom is -0.493 e. The summed E-state index contributed by atoms with van der Waals surface area (Å²) in [7, 11) is -1.48. The molecular formula is C32H41NO8S2. The van der Waals surface area contributed by atoms with Crippen molar-refractivity contribution in [2.75, 3.05) is 53.0 Å². The van der Waals surface area contributed by atoms with E-state index in [9.17, 15) is 16.8 Å². The van der Waals surface area contributed by atoms with Gasteiger partial charge in [-0.25, -0.2) is 16.8 Å². The van der Waals surface area contributed by atoms with Gasteiger partial charge in [0, 0.05) is 6.54 Å². The Morgan fingerprint density at radius 3 is 2.00 bits per heavy atom. The van der Waals surface area contributed by atoms with Gasteiger partial charge in [-0.2, -0.15) is 0 Å². The summed E-state index contributed by atoms with van der Waals surface area (Å²) >= 11 is 0. The summed E-state index contributed by atoms with van der Waals surface area (Å²) in [6.07, 6.45) is 1.15. The lowest BCUT2D eigenvalue weighted by Gasteiger charge is -2.37. The van der Waals surface area contributed by atoms with E-state index in [4.69, 9.17) is 18.9 Å². The first kappa shape index (κ1) is 32.6. The molecular weight excluding hydrogens is 590 g/mol. The van der Waals surface area contributed by atoms with E-state index >= 15 is 0 Å². The van der Waals surface area contributed by atoms with Crippen molar-refractivity contribution in [3.05, 3.63) is 83.4 Å². The van der Waals surface area contributed by atoms with Crippen LogP contribution in [0.4, 0.5) is 0 Å². The Kier molecular flexibility index (Phi) is 10.6. The third-order valence-corrected chi connectivity index (χ3v) is 14.0. The number of ether oxygens (including phenoxy) is 4. The molecule has 0 unspecified atom stereocenters. The third kappa shape index (κ3) is 7.11. The van der Waals surface area contributed by atoms with Crippen LogP contribution in [0, 0.1) is 0 Å². The van der Waals surface area contributed by atoms with Crippen LogP contribution in [0.1, 0.15) is 36.0 Å². The first-order valence-corrected chi connectivity index (χ1v) is 17.6.